The molecular formula is C15H16N4O3S. The zero-order valence-electron chi connectivity index (χ0n) is 12.6. The number of nitrogens with zero attached hydrogens (tertiary/aromatic N) is 3. The molecule has 1 amide bonds. The van der Waals surface area contributed by atoms with Gasteiger partial charge in [-0.1, -0.05) is 23.9 Å². The number of carbonyl (C=O) groups excluding carboxylic acids is 1. The maximum atomic E-state index is 11.6. The van der Waals surface area contributed by atoms with Crippen LogP contribution < -0.4 is 10.1 Å². The van der Waals surface area contributed by atoms with Crippen LogP contribution in [-0.2, 0) is 4.79 Å². The van der Waals surface area contributed by atoms with Gasteiger partial charge in [0.15, 0.2) is 0 Å². The molecule has 0 spiro atoms. The molecule has 1 heterocycles. The van der Waals surface area contributed by atoms with Gasteiger partial charge in [0.2, 0.25) is 5.91 Å². The number of hydrogen-bond acceptors (Lipinski definition) is 7. The first-order valence-corrected chi connectivity index (χ1v) is 8.05. The minimum atomic E-state index is -0.181. The number of ether oxygens (including phenoxy) is 1. The first-order valence-electron chi connectivity index (χ1n) is 7.06. The highest BCUT2D eigenvalue weighted by molar-refractivity contribution is 7.99. The highest BCUT2D eigenvalue weighted by Gasteiger charge is 2.14. The summed E-state index contributed by atoms with van der Waals surface area (Å²) in [4.78, 5) is 11.6. The van der Waals surface area contributed by atoms with E-state index in [4.69, 9.17) is 14.4 Å². The summed E-state index contributed by atoms with van der Waals surface area (Å²) in [6.45, 7) is 2.78. The minimum Gasteiger partial charge on any atom is -0.493 e. The molecular weight excluding hydrogens is 316 g/mol. The van der Waals surface area contributed by atoms with E-state index in [0.29, 0.717) is 35.6 Å². The minimum absolute atomic E-state index is 0.153. The number of nitriles is 1. The maximum Gasteiger partial charge on any atom is 0.277 e. The summed E-state index contributed by atoms with van der Waals surface area (Å²) >= 11 is 1.15. The van der Waals surface area contributed by atoms with E-state index in [1.807, 2.05) is 37.3 Å². The standard InChI is InChI=1S/C15H16N4O3S/c1-2-21-12-7-4-3-6-11(12)14-18-19-15(22-14)23-10-13(20)17-9-5-8-16/h3-4,6-7H,2,5,9-10H2,1H3,(H,17,20). The van der Waals surface area contributed by atoms with Gasteiger partial charge in [0.25, 0.3) is 11.1 Å². The summed E-state index contributed by atoms with van der Waals surface area (Å²) < 4.78 is 11.1. The summed E-state index contributed by atoms with van der Waals surface area (Å²) in [5.74, 6) is 0.991. The quantitative estimate of drug-likeness (QED) is 0.584. The molecule has 0 aliphatic carbocycles. The van der Waals surface area contributed by atoms with E-state index in [2.05, 4.69) is 15.5 Å². The van der Waals surface area contributed by atoms with E-state index in [0.717, 1.165) is 11.8 Å². The number of rotatable bonds is 8. The fraction of sp³-hybridized carbons (Fsp3) is 0.333. The molecule has 2 aromatic rings. The molecule has 8 heteroatoms. The Balaban J connectivity index is 1.96. The second kappa shape index (κ2) is 8.80. The number of hydrogen-bond donors (Lipinski definition) is 1. The molecule has 0 saturated carbocycles. The van der Waals surface area contributed by atoms with E-state index >= 15 is 0 Å². The van der Waals surface area contributed by atoms with E-state index < -0.39 is 0 Å². The molecule has 0 aliphatic heterocycles. The van der Waals surface area contributed by atoms with Gasteiger partial charge in [-0.25, -0.2) is 0 Å². The average Bonchev–Trinajstić information content (AvgIpc) is 3.03. The predicted octanol–water partition coefficient (Wildman–Crippen LogP) is 2.26. The van der Waals surface area contributed by atoms with Crippen LogP contribution in [0.3, 0.4) is 0 Å². The van der Waals surface area contributed by atoms with Crippen molar-refractivity contribution in [2.24, 2.45) is 0 Å². The number of para-hydroxylation sites is 1. The van der Waals surface area contributed by atoms with Crippen molar-refractivity contribution in [1.29, 1.82) is 5.26 Å². The number of nitrogens with one attached hydrogen (secondary N) is 1. The number of carbonyl (C=O) groups is 1. The molecule has 120 valence electrons. The molecule has 1 aromatic carbocycles. The molecule has 0 unspecified atom stereocenters. The van der Waals surface area contributed by atoms with Crippen molar-refractivity contribution in [2.45, 2.75) is 18.6 Å². The van der Waals surface area contributed by atoms with Crippen LogP contribution in [0.4, 0.5) is 0 Å². The first-order chi connectivity index (χ1) is 11.2. The van der Waals surface area contributed by atoms with Crippen molar-refractivity contribution in [1.82, 2.24) is 15.5 Å². The Morgan fingerprint density at radius 1 is 1.43 bits per heavy atom. The van der Waals surface area contributed by atoms with Crippen molar-refractivity contribution >= 4 is 17.7 Å². The second-order valence-electron chi connectivity index (χ2n) is 4.35. The van der Waals surface area contributed by atoms with Gasteiger partial charge < -0.3 is 14.5 Å². The van der Waals surface area contributed by atoms with Crippen LogP contribution in [-0.4, -0.2) is 35.0 Å². The van der Waals surface area contributed by atoms with E-state index in [-0.39, 0.29) is 18.1 Å². The van der Waals surface area contributed by atoms with Crippen LogP contribution in [0.15, 0.2) is 33.9 Å². The maximum absolute atomic E-state index is 11.6. The first kappa shape index (κ1) is 16.8. The lowest BCUT2D eigenvalue weighted by Crippen LogP contribution is -2.25. The lowest BCUT2D eigenvalue weighted by molar-refractivity contribution is -0.118. The highest BCUT2D eigenvalue weighted by Crippen LogP contribution is 2.30. The molecule has 0 radical (unpaired) electrons. The van der Waals surface area contributed by atoms with Gasteiger partial charge in [-0.05, 0) is 19.1 Å². The Hall–Kier alpha value is -2.53. The van der Waals surface area contributed by atoms with Crippen LogP contribution in [0.2, 0.25) is 0 Å². The van der Waals surface area contributed by atoms with E-state index in [1.54, 1.807) is 0 Å². The molecule has 0 bridgehead atoms. The molecule has 7 nitrogen and oxygen atoms in total. The molecule has 0 aliphatic rings. The lowest BCUT2D eigenvalue weighted by atomic mass is 10.2. The Kier molecular flexibility index (Phi) is 6.44. The van der Waals surface area contributed by atoms with Crippen LogP contribution in [0, 0.1) is 11.3 Å². The molecule has 2 rings (SSSR count). The smallest absolute Gasteiger partial charge is 0.277 e. The number of thioether (sulfide) groups is 1. The largest absolute Gasteiger partial charge is 0.493 e. The third-order valence-corrected chi connectivity index (χ3v) is 3.53. The fourth-order valence-electron chi connectivity index (χ4n) is 1.74. The summed E-state index contributed by atoms with van der Waals surface area (Å²) in [5.41, 5.74) is 0.715. The highest BCUT2D eigenvalue weighted by atomic mass is 32.2. The van der Waals surface area contributed by atoms with Gasteiger partial charge in [0.05, 0.1) is 30.4 Å². The Morgan fingerprint density at radius 2 is 2.26 bits per heavy atom. The number of amides is 1. The van der Waals surface area contributed by atoms with E-state index in [1.165, 1.54) is 0 Å². The van der Waals surface area contributed by atoms with Crippen LogP contribution in [0.1, 0.15) is 13.3 Å². The van der Waals surface area contributed by atoms with Crippen LogP contribution in [0.25, 0.3) is 11.5 Å². The van der Waals surface area contributed by atoms with Gasteiger partial charge in [0, 0.05) is 6.54 Å². The van der Waals surface area contributed by atoms with Gasteiger partial charge in [0.1, 0.15) is 5.75 Å². The normalized spacial score (nSPS) is 10.1. The second-order valence-corrected chi connectivity index (χ2v) is 5.28. The molecule has 0 atom stereocenters. The van der Waals surface area contributed by atoms with Crippen molar-refractivity contribution in [3.63, 3.8) is 0 Å². The summed E-state index contributed by atoms with van der Waals surface area (Å²) in [6.07, 6.45) is 0.287. The van der Waals surface area contributed by atoms with Crippen molar-refractivity contribution in [3.8, 4) is 23.3 Å². The lowest BCUT2D eigenvalue weighted by Gasteiger charge is -2.06. The fourth-order valence-corrected chi connectivity index (χ4v) is 2.33. The third-order valence-electron chi connectivity index (χ3n) is 2.71. The Labute approximate surface area is 138 Å². The average molecular weight is 332 g/mol. The zero-order valence-corrected chi connectivity index (χ0v) is 13.4. The van der Waals surface area contributed by atoms with Gasteiger partial charge in [-0.3, -0.25) is 4.79 Å². The zero-order chi connectivity index (χ0) is 16.5. The van der Waals surface area contributed by atoms with Crippen molar-refractivity contribution in [3.05, 3.63) is 24.3 Å². The van der Waals surface area contributed by atoms with Crippen LogP contribution >= 0.6 is 11.8 Å². The summed E-state index contributed by atoms with van der Waals surface area (Å²) in [5, 5.41) is 19.3. The predicted molar refractivity (Wildman–Crippen MR) is 84.9 cm³/mol. The van der Waals surface area contributed by atoms with Crippen molar-refractivity contribution in [2.75, 3.05) is 18.9 Å². The topological polar surface area (TPSA) is 101 Å². The van der Waals surface area contributed by atoms with Crippen LogP contribution in [0.5, 0.6) is 5.75 Å². The molecule has 0 saturated heterocycles. The number of benzene rings is 1. The van der Waals surface area contributed by atoms with Crippen molar-refractivity contribution < 1.29 is 13.9 Å². The molecule has 1 N–H and O–H groups in total. The Bertz CT molecular complexity index is 696. The number of aromatic nitrogens is 2. The van der Waals surface area contributed by atoms with E-state index in [9.17, 15) is 4.79 Å². The van der Waals surface area contributed by atoms with Gasteiger partial charge >= 0.3 is 0 Å². The van der Waals surface area contributed by atoms with Gasteiger partial charge in [-0.15, -0.1) is 10.2 Å². The Morgan fingerprint density at radius 3 is 3.04 bits per heavy atom. The monoisotopic (exact) mass is 332 g/mol. The van der Waals surface area contributed by atoms with Gasteiger partial charge in [-0.2, -0.15) is 5.26 Å². The summed E-state index contributed by atoms with van der Waals surface area (Å²) in [6, 6.07) is 9.35. The molecule has 1 aromatic heterocycles. The SMILES string of the molecule is CCOc1ccccc1-c1nnc(SCC(=O)NCCC#N)o1. The third kappa shape index (κ3) is 5.00. The molecule has 23 heavy (non-hydrogen) atoms. The molecule has 0 fully saturated rings. The summed E-state index contributed by atoms with van der Waals surface area (Å²) in [7, 11) is 0.